The quantitative estimate of drug-likeness (QED) is 0.285. The molecule has 0 fully saturated rings. The van der Waals surface area contributed by atoms with E-state index in [-0.39, 0.29) is 5.91 Å². The van der Waals surface area contributed by atoms with Crippen molar-refractivity contribution in [1.82, 2.24) is 9.78 Å². The first kappa shape index (κ1) is 22.4. The van der Waals surface area contributed by atoms with Gasteiger partial charge in [0.2, 0.25) is 0 Å². The number of carbonyl (C=O) groups excluding carboxylic acids is 1. The fourth-order valence-electron chi connectivity index (χ4n) is 3.00. The summed E-state index contributed by atoms with van der Waals surface area (Å²) >= 11 is 15.4. The molecule has 0 spiro atoms. The molecule has 5 nitrogen and oxygen atoms in total. The van der Waals surface area contributed by atoms with Crippen LogP contribution in [0, 0.1) is 0 Å². The second-order valence-electron chi connectivity index (χ2n) is 7.07. The van der Waals surface area contributed by atoms with Gasteiger partial charge in [-0.2, -0.15) is 5.10 Å². The summed E-state index contributed by atoms with van der Waals surface area (Å²) < 4.78 is 8.53. The third-order valence-electron chi connectivity index (χ3n) is 4.65. The molecule has 8 heteroatoms. The van der Waals surface area contributed by atoms with Gasteiger partial charge in [-0.05, 0) is 53.6 Å². The molecular formula is C24H18BrCl2N3O2. The Labute approximate surface area is 204 Å². The third-order valence-corrected chi connectivity index (χ3v) is 5.71. The maximum absolute atomic E-state index is 12.6. The SMILES string of the molecule is O=C(Nc1cnn(Cc2ccc(Br)cc2)c1)c1ccc(COc2ccc(Cl)cc2Cl)cc1. The lowest BCUT2D eigenvalue weighted by Gasteiger charge is -2.09. The molecule has 1 aromatic heterocycles. The topological polar surface area (TPSA) is 56.2 Å². The smallest absolute Gasteiger partial charge is 0.255 e. The summed E-state index contributed by atoms with van der Waals surface area (Å²) in [6.07, 6.45) is 3.44. The van der Waals surface area contributed by atoms with Crippen LogP contribution < -0.4 is 10.1 Å². The Hall–Kier alpha value is -2.80. The minimum Gasteiger partial charge on any atom is -0.487 e. The Morgan fingerprint density at radius 2 is 1.72 bits per heavy atom. The van der Waals surface area contributed by atoms with Gasteiger partial charge in [0.25, 0.3) is 5.91 Å². The summed E-state index contributed by atoms with van der Waals surface area (Å²) in [4.78, 5) is 12.6. The Bertz CT molecular complexity index is 1220. The normalized spacial score (nSPS) is 10.7. The van der Waals surface area contributed by atoms with Crippen LogP contribution in [0.2, 0.25) is 10.0 Å². The number of hydrogen-bond acceptors (Lipinski definition) is 3. The van der Waals surface area contributed by atoms with Gasteiger partial charge in [0.1, 0.15) is 12.4 Å². The van der Waals surface area contributed by atoms with E-state index < -0.39 is 0 Å². The lowest BCUT2D eigenvalue weighted by Crippen LogP contribution is -2.11. The number of anilines is 1. The summed E-state index contributed by atoms with van der Waals surface area (Å²) in [6.45, 7) is 0.946. The first-order valence-corrected chi connectivity index (χ1v) is 11.3. The van der Waals surface area contributed by atoms with E-state index in [1.165, 1.54) is 0 Å². The van der Waals surface area contributed by atoms with E-state index in [2.05, 4.69) is 26.3 Å². The molecule has 0 atom stereocenters. The van der Waals surface area contributed by atoms with Crippen molar-refractivity contribution < 1.29 is 9.53 Å². The fraction of sp³-hybridized carbons (Fsp3) is 0.0833. The van der Waals surface area contributed by atoms with Crippen molar-refractivity contribution in [3.05, 3.63) is 110 Å². The highest BCUT2D eigenvalue weighted by atomic mass is 79.9. The van der Waals surface area contributed by atoms with Crippen LogP contribution in [0.25, 0.3) is 0 Å². The van der Waals surface area contributed by atoms with Crippen molar-refractivity contribution in [1.29, 1.82) is 0 Å². The van der Waals surface area contributed by atoms with Gasteiger partial charge in [-0.15, -0.1) is 0 Å². The van der Waals surface area contributed by atoms with E-state index in [4.69, 9.17) is 27.9 Å². The predicted octanol–water partition coefficient (Wildman–Crippen LogP) is 6.83. The number of hydrogen-bond donors (Lipinski definition) is 1. The molecule has 1 N–H and O–H groups in total. The first-order valence-electron chi connectivity index (χ1n) is 9.71. The second kappa shape index (κ2) is 10.2. The van der Waals surface area contributed by atoms with Crippen LogP contribution in [-0.2, 0) is 13.2 Å². The van der Waals surface area contributed by atoms with Gasteiger partial charge in [0.05, 0.1) is 23.5 Å². The van der Waals surface area contributed by atoms with E-state index in [1.54, 1.807) is 47.4 Å². The molecule has 1 heterocycles. The van der Waals surface area contributed by atoms with Crippen LogP contribution in [0.4, 0.5) is 5.69 Å². The molecule has 0 aliphatic heterocycles. The maximum atomic E-state index is 12.6. The maximum Gasteiger partial charge on any atom is 0.255 e. The molecule has 0 unspecified atom stereocenters. The van der Waals surface area contributed by atoms with E-state index in [9.17, 15) is 4.79 Å². The van der Waals surface area contributed by atoms with E-state index in [0.717, 1.165) is 15.6 Å². The third kappa shape index (κ3) is 5.91. The van der Waals surface area contributed by atoms with Crippen molar-refractivity contribution in [2.75, 3.05) is 5.32 Å². The Kier molecular flexibility index (Phi) is 7.15. The van der Waals surface area contributed by atoms with Gasteiger partial charge in [-0.1, -0.05) is 63.4 Å². The largest absolute Gasteiger partial charge is 0.487 e. The van der Waals surface area contributed by atoms with Crippen LogP contribution in [-0.4, -0.2) is 15.7 Å². The monoisotopic (exact) mass is 529 g/mol. The molecule has 0 saturated heterocycles. The van der Waals surface area contributed by atoms with Crippen molar-refractivity contribution in [2.45, 2.75) is 13.2 Å². The minimum absolute atomic E-state index is 0.207. The highest BCUT2D eigenvalue weighted by Gasteiger charge is 2.09. The molecule has 0 saturated carbocycles. The molecule has 0 bridgehead atoms. The van der Waals surface area contributed by atoms with Crippen LogP contribution in [0.15, 0.2) is 83.6 Å². The molecule has 0 radical (unpaired) electrons. The summed E-state index contributed by atoms with van der Waals surface area (Å²) in [5.74, 6) is 0.347. The van der Waals surface area contributed by atoms with Gasteiger partial charge in [0, 0.05) is 21.3 Å². The Morgan fingerprint density at radius 3 is 2.44 bits per heavy atom. The molecule has 0 aliphatic rings. The summed E-state index contributed by atoms with van der Waals surface area (Å²) in [7, 11) is 0. The number of amides is 1. The van der Waals surface area contributed by atoms with Crippen LogP contribution in [0.5, 0.6) is 5.75 Å². The predicted molar refractivity (Wildman–Crippen MR) is 131 cm³/mol. The van der Waals surface area contributed by atoms with Gasteiger partial charge in [0.15, 0.2) is 0 Å². The Balaban J connectivity index is 1.32. The summed E-state index contributed by atoms with van der Waals surface area (Å²) in [6, 6.07) is 20.3. The van der Waals surface area contributed by atoms with Gasteiger partial charge >= 0.3 is 0 Å². The first-order chi connectivity index (χ1) is 15.5. The van der Waals surface area contributed by atoms with E-state index in [1.807, 2.05) is 36.4 Å². The summed E-state index contributed by atoms with van der Waals surface area (Å²) in [5.41, 5.74) is 3.21. The molecule has 162 valence electrons. The van der Waals surface area contributed by atoms with Gasteiger partial charge in [-0.3, -0.25) is 9.48 Å². The molecule has 3 aromatic carbocycles. The van der Waals surface area contributed by atoms with E-state index in [0.29, 0.717) is 40.2 Å². The molecule has 4 aromatic rings. The number of nitrogens with one attached hydrogen (secondary N) is 1. The average molecular weight is 531 g/mol. The number of halogens is 3. The zero-order chi connectivity index (χ0) is 22.5. The highest BCUT2D eigenvalue weighted by Crippen LogP contribution is 2.28. The van der Waals surface area contributed by atoms with E-state index >= 15 is 0 Å². The molecule has 4 rings (SSSR count). The van der Waals surface area contributed by atoms with Crippen molar-refractivity contribution in [2.24, 2.45) is 0 Å². The lowest BCUT2D eigenvalue weighted by molar-refractivity contribution is 0.102. The number of carbonyl (C=O) groups is 1. The molecule has 0 aliphatic carbocycles. The molecule has 1 amide bonds. The number of ether oxygens (including phenoxy) is 1. The van der Waals surface area contributed by atoms with Gasteiger partial charge < -0.3 is 10.1 Å². The standard InChI is InChI=1S/C24H18BrCl2N3O2/c25-19-7-3-16(4-8-19)13-30-14-21(12-28-30)29-24(31)18-5-1-17(2-6-18)15-32-23-10-9-20(26)11-22(23)27/h1-12,14H,13,15H2,(H,29,31). The lowest BCUT2D eigenvalue weighted by atomic mass is 10.1. The average Bonchev–Trinajstić information content (AvgIpc) is 3.22. The number of aromatic nitrogens is 2. The zero-order valence-electron chi connectivity index (χ0n) is 16.8. The summed E-state index contributed by atoms with van der Waals surface area (Å²) in [5, 5.41) is 8.19. The number of benzene rings is 3. The Morgan fingerprint density at radius 1 is 1.00 bits per heavy atom. The molecular weight excluding hydrogens is 513 g/mol. The minimum atomic E-state index is -0.207. The van der Waals surface area contributed by atoms with Crippen LogP contribution in [0.3, 0.4) is 0 Å². The molecule has 32 heavy (non-hydrogen) atoms. The van der Waals surface area contributed by atoms with Crippen LogP contribution in [0.1, 0.15) is 21.5 Å². The van der Waals surface area contributed by atoms with Crippen LogP contribution >= 0.6 is 39.1 Å². The van der Waals surface area contributed by atoms with Gasteiger partial charge in [-0.25, -0.2) is 0 Å². The van der Waals surface area contributed by atoms with Crippen molar-refractivity contribution in [3.8, 4) is 5.75 Å². The van der Waals surface area contributed by atoms with Crippen molar-refractivity contribution >= 4 is 50.7 Å². The zero-order valence-corrected chi connectivity index (χ0v) is 19.9. The number of nitrogens with zero attached hydrogens (tertiary/aromatic N) is 2. The fourth-order valence-corrected chi connectivity index (χ4v) is 3.73. The second-order valence-corrected chi connectivity index (χ2v) is 8.83. The highest BCUT2D eigenvalue weighted by molar-refractivity contribution is 9.10. The number of rotatable bonds is 7. The van der Waals surface area contributed by atoms with Crippen molar-refractivity contribution in [3.63, 3.8) is 0 Å².